The molecule has 4 nitrogen and oxygen atoms in total. The maximum Gasteiger partial charge on any atom is 0.203 e. The second kappa shape index (κ2) is 6.33. The zero-order valence-corrected chi connectivity index (χ0v) is 12.2. The van der Waals surface area contributed by atoms with Crippen molar-refractivity contribution in [1.82, 2.24) is 4.98 Å². The summed E-state index contributed by atoms with van der Waals surface area (Å²) in [7, 11) is 2.08. The number of hydrazone groups is 1. The van der Waals surface area contributed by atoms with E-state index in [1.807, 2.05) is 12.3 Å². The van der Waals surface area contributed by atoms with E-state index in [1.165, 1.54) is 5.69 Å². The molecule has 5 heteroatoms. The van der Waals surface area contributed by atoms with Crippen LogP contribution >= 0.6 is 11.3 Å². The lowest BCUT2D eigenvalue weighted by Crippen LogP contribution is -2.15. The van der Waals surface area contributed by atoms with E-state index in [9.17, 15) is 0 Å². The van der Waals surface area contributed by atoms with Crippen molar-refractivity contribution in [3.63, 3.8) is 0 Å². The number of anilines is 2. The predicted octanol–water partition coefficient (Wildman–Crippen LogP) is 3.35. The van der Waals surface area contributed by atoms with Crippen molar-refractivity contribution in [2.75, 3.05) is 23.9 Å². The Morgan fingerprint density at radius 1 is 1.37 bits per heavy atom. The molecule has 19 heavy (non-hydrogen) atoms. The molecule has 1 aromatic heterocycles. The summed E-state index contributed by atoms with van der Waals surface area (Å²) >= 11 is 1.55. The van der Waals surface area contributed by atoms with Crippen molar-refractivity contribution in [1.29, 1.82) is 0 Å². The van der Waals surface area contributed by atoms with Crippen LogP contribution in [-0.4, -0.2) is 24.8 Å². The predicted molar refractivity (Wildman–Crippen MR) is 83.5 cm³/mol. The number of benzene rings is 1. The second-order valence-electron chi connectivity index (χ2n) is 4.27. The summed E-state index contributed by atoms with van der Waals surface area (Å²) in [6.45, 7) is 5.10. The maximum absolute atomic E-state index is 4.28. The van der Waals surface area contributed by atoms with E-state index in [2.05, 4.69) is 58.6 Å². The summed E-state index contributed by atoms with van der Waals surface area (Å²) in [5.41, 5.74) is 6.21. The van der Waals surface area contributed by atoms with Gasteiger partial charge in [-0.25, -0.2) is 4.98 Å². The molecule has 1 aromatic carbocycles. The lowest BCUT2D eigenvalue weighted by atomic mass is 10.2. The topological polar surface area (TPSA) is 40.5 Å². The molecule has 0 atom stereocenters. The number of rotatable bonds is 5. The van der Waals surface area contributed by atoms with Crippen molar-refractivity contribution in [2.24, 2.45) is 5.10 Å². The Balaban J connectivity index is 1.95. The minimum absolute atomic E-state index is 0.816. The SMILES string of the molecule is CCN(C)c1ccc(C=NNc2nc(C)cs2)cc1. The summed E-state index contributed by atoms with van der Waals surface area (Å²) in [6, 6.07) is 8.30. The first-order valence-corrected chi connectivity index (χ1v) is 7.09. The molecule has 0 fully saturated rings. The molecule has 0 aliphatic carbocycles. The van der Waals surface area contributed by atoms with Crippen LogP contribution < -0.4 is 10.3 Å². The summed E-state index contributed by atoms with van der Waals surface area (Å²) in [5.74, 6) is 0. The third-order valence-corrected chi connectivity index (χ3v) is 3.67. The zero-order valence-electron chi connectivity index (χ0n) is 11.4. The Bertz CT molecular complexity index is 545. The van der Waals surface area contributed by atoms with Crippen molar-refractivity contribution >= 4 is 28.4 Å². The average Bonchev–Trinajstić information content (AvgIpc) is 2.84. The number of aryl methyl sites for hydroxylation is 1. The molecule has 0 saturated heterocycles. The molecule has 1 N–H and O–H groups in total. The lowest BCUT2D eigenvalue weighted by molar-refractivity contribution is 0.968. The maximum atomic E-state index is 4.28. The second-order valence-corrected chi connectivity index (χ2v) is 5.13. The molecule has 1 heterocycles. The highest BCUT2D eigenvalue weighted by Crippen LogP contribution is 2.15. The van der Waals surface area contributed by atoms with Crippen LogP contribution in [0.15, 0.2) is 34.7 Å². The van der Waals surface area contributed by atoms with Crippen molar-refractivity contribution in [3.05, 3.63) is 40.9 Å². The molecule has 0 saturated carbocycles. The number of nitrogens with zero attached hydrogens (tertiary/aromatic N) is 3. The molecule has 2 aromatic rings. The van der Waals surface area contributed by atoms with E-state index < -0.39 is 0 Å². The molecule has 0 aliphatic rings. The molecule has 0 bridgehead atoms. The van der Waals surface area contributed by atoms with Gasteiger partial charge in [0.15, 0.2) is 0 Å². The molecule has 100 valence electrons. The first-order chi connectivity index (χ1) is 9.19. The number of hydrogen-bond donors (Lipinski definition) is 1. The van der Waals surface area contributed by atoms with Crippen molar-refractivity contribution in [3.8, 4) is 0 Å². The van der Waals surface area contributed by atoms with Crippen LogP contribution in [0.5, 0.6) is 0 Å². The van der Waals surface area contributed by atoms with Gasteiger partial charge in [-0.2, -0.15) is 5.10 Å². The number of nitrogens with one attached hydrogen (secondary N) is 1. The third kappa shape index (κ3) is 3.79. The Kier molecular flexibility index (Phi) is 4.52. The zero-order chi connectivity index (χ0) is 13.7. The van der Waals surface area contributed by atoms with Crippen molar-refractivity contribution in [2.45, 2.75) is 13.8 Å². The smallest absolute Gasteiger partial charge is 0.203 e. The van der Waals surface area contributed by atoms with Gasteiger partial charge in [0.25, 0.3) is 0 Å². The summed E-state index contributed by atoms with van der Waals surface area (Å²) in [5, 5.41) is 6.99. The number of hydrogen-bond acceptors (Lipinski definition) is 5. The van der Waals surface area contributed by atoms with Crippen LogP contribution in [0.3, 0.4) is 0 Å². The van der Waals surface area contributed by atoms with Gasteiger partial charge in [-0.3, -0.25) is 5.43 Å². The quantitative estimate of drug-likeness (QED) is 0.671. The highest BCUT2D eigenvalue weighted by Gasteiger charge is 1.97. The Morgan fingerprint density at radius 2 is 2.11 bits per heavy atom. The van der Waals surface area contributed by atoms with Crippen LogP contribution in [0, 0.1) is 6.92 Å². The minimum atomic E-state index is 0.816. The molecular formula is C14H18N4S. The fourth-order valence-corrected chi connectivity index (χ4v) is 2.20. The Morgan fingerprint density at radius 3 is 2.68 bits per heavy atom. The molecule has 0 spiro atoms. The molecule has 2 rings (SSSR count). The van der Waals surface area contributed by atoms with Gasteiger partial charge >= 0.3 is 0 Å². The molecular weight excluding hydrogens is 256 g/mol. The fourth-order valence-electron chi connectivity index (χ4n) is 1.56. The van der Waals surface area contributed by atoms with E-state index in [1.54, 1.807) is 17.6 Å². The van der Waals surface area contributed by atoms with Crippen molar-refractivity contribution < 1.29 is 0 Å². The van der Waals surface area contributed by atoms with Crippen LogP contribution in [0.1, 0.15) is 18.2 Å². The first kappa shape index (κ1) is 13.5. The van der Waals surface area contributed by atoms with Gasteiger partial charge in [0.1, 0.15) is 0 Å². The van der Waals surface area contributed by atoms with E-state index in [0.717, 1.165) is 22.9 Å². The normalized spacial score (nSPS) is 10.9. The van der Waals surface area contributed by atoms with Gasteiger partial charge < -0.3 is 4.90 Å². The van der Waals surface area contributed by atoms with E-state index >= 15 is 0 Å². The molecule has 0 unspecified atom stereocenters. The number of aromatic nitrogens is 1. The van der Waals surface area contributed by atoms with Gasteiger partial charge in [-0.15, -0.1) is 11.3 Å². The van der Waals surface area contributed by atoms with Gasteiger partial charge in [0.2, 0.25) is 5.13 Å². The largest absolute Gasteiger partial charge is 0.375 e. The Labute approximate surface area is 117 Å². The Hall–Kier alpha value is -1.88. The van der Waals surface area contributed by atoms with E-state index in [-0.39, 0.29) is 0 Å². The standard InChI is InChI=1S/C14H18N4S/c1-4-18(3)13-7-5-12(6-8-13)9-15-17-14-16-11(2)10-19-14/h5-10H,4H2,1-3H3,(H,16,17). The van der Waals surface area contributed by atoms with Gasteiger partial charge in [0, 0.05) is 24.7 Å². The fraction of sp³-hybridized carbons (Fsp3) is 0.286. The van der Waals surface area contributed by atoms with Gasteiger partial charge in [-0.05, 0) is 31.5 Å². The first-order valence-electron chi connectivity index (χ1n) is 6.21. The van der Waals surface area contributed by atoms with Gasteiger partial charge in [0.05, 0.1) is 11.9 Å². The van der Waals surface area contributed by atoms with Crippen LogP contribution in [0.25, 0.3) is 0 Å². The van der Waals surface area contributed by atoms with E-state index in [0.29, 0.717) is 0 Å². The molecule has 0 radical (unpaired) electrons. The highest BCUT2D eigenvalue weighted by atomic mass is 32.1. The van der Waals surface area contributed by atoms with E-state index in [4.69, 9.17) is 0 Å². The summed E-state index contributed by atoms with van der Waals surface area (Å²) < 4.78 is 0. The summed E-state index contributed by atoms with van der Waals surface area (Å²) in [6.07, 6.45) is 1.80. The average molecular weight is 274 g/mol. The minimum Gasteiger partial charge on any atom is -0.375 e. The number of thiazole rings is 1. The molecule has 0 aliphatic heterocycles. The monoisotopic (exact) mass is 274 g/mol. The van der Waals surface area contributed by atoms with Crippen LogP contribution in [-0.2, 0) is 0 Å². The van der Waals surface area contributed by atoms with Gasteiger partial charge in [-0.1, -0.05) is 12.1 Å². The molecule has 0 amide bonds. The lowest BCUT2D eigenvalue weighted by Gasteiger charge is -2.16. The highest BCUT2D eigenvalue weighted by molar-refractivity contribution is 7.13. The summed E-state index contributed by atoms with van der Waals surface area (Å²) in [4.78, 5) is 6.47. The third-order valence-electron chi connectivity index (χ3n) is 2.80. The van der Waals surface area contributed by atoms with Crippen LogP contribution in [0.4, 0.5) is 10.8 Å². The van der Waals surface area contributed by atoms with Crippen LogP contribution in [0.2, 0.25) is 0 Å².